The molecule has 0 spiro atoms. The van der Waals surface area contributed by atoms with E-state index in [1.165, 1.54) is 0 Å². The molecule has 1 unspecified atom stereocenters. The van der Waals surface area contributed by atoms with Crippen molar-refractivity contribution in [3.05, 3.63) is 29.8 Å². The summed E-state index contributed by atoms with van der Waals surface area (Å²) >= 11 is 0. The van der Waals surface area contributed by atoms with Gasteiger partial charge in [-0.2, -0.15) is 0 Å². The normalized spacial score (nSPS) is 22.1. The Bertz CT molecular complexity index is 259. The third kappa shape index (κ3) is 1.09. The van der Waals surface area contributed by atoms with Crippen molar-refractivity contribution in [1.29, 1.82) is 0 Å². The Balaban J connectivity index is 2.44. The lowest BCUT2D eigenvalue weighted by Gasteiger charge is -2.19. The lowest BCUT2D eigenvalue weighted by Crippen LogP contribution is -2.10. The number of para-hydroxylation sites is 1. The van der Waals surface area contributed by atoms with Crippen molar-refractivity contribution in [2.45, 2.75) is 12.6 Å². The summed E-state index contributed by atoms with van der Waals surface area (Å²) < 4.78 is 18.4. The van der Waals surface area contributed by atoms with Gasteiger partial charge in [-0.15, -0.1) is 0 Å². The Morgan fingerprint density at radius 1 is 1.36 bits per heavy atom. The molecule has 1 aromatic rings. The summed E-state index contributed by atoms with van der Waals surface area (Å²) in [6.45, 7) is 0.498. The lowest BCUT2D eigenvalue weighted by molar-refractivity contribution is 0.200. The summed E-state index contributed by atoms with van der Waals surface area (Å²) in [7, 11) is 0. The van der Waals surface area contributed by atoms with Gasteiger partial charge in [0.25, 0.3) is 0 Å². The van der Waals surface area contributed by atoms with Crippen LogP contribution < -0.4 is 4.74 Å². The standard InChI is InChI=1S/C9H9FO/c10-8-5-6-11-9-4-2-1-3-7(8)9/h1-4,8H,5-6H2. The van der Waals surface area contributed by atoms with Gasteiger partial charge in [0, 0.05) is 12.0 Å². The van der Waals surface area contributed by atoms with E-state index in [2.05, 4.69) is 0 Å². The van der Waals surface area contributed by atoms with Crippen molar-refractivity contribution in [2.24, 2.45) is 0 Å². The SMILES string of the molecule is FC1CCOc2ccccc21. The van der Waals surface area contributed by atoms with E-state index < -0.39 is 6.17 Å². The number of hydrogen-bond donors (Lipinski definition) is 0. The van der Waals surface area contributed by atoms with Crippen molar-refractivity contribution in [1.82, 2.24) is 0 Å². The zero-order chi connectivity index (χ0) is 7.68. The molecular formula is C9H9FO. The van der Waals surface area contributed by atoms with Gasteiger partial charge < -0.3 is 4.74 Å². The first-order valence-electron chi connectivity index (χ1n) is 3.74. The van der Waals surface area contributed by atoms with Gasteiger partial charge in [0.05, 0.1) is 6.61 Å². The highest BCUT2D eigenvalue weighted by Gasteiger charge is 2.19. The number of halogens is 1. The molecule has 0 N–H and O–H groups in total. The molecule has 1 nitrogen and oxygen atoms in total. The molecule has 58 valence electrons. The van der Waals surface area contributed by atoms with Crippen LogP contribution in [0.2, 0.25) is 0 Å². The predicted molar refractivity (Wildman–Crippen MR) is 40.4 cm³/mol. The second-order valence-electron chi connectivity index (χ2n) is 2.64. The molecular weight excluding hydrogens is 143 g/mol. The van der Waals surface area contributed by atoms with Crippen molar-refractivity contribution in [3.63, 3.8) is 0 Å². The topological polar surface area (TPSA) is 9.23 Å². The monoisotopic (exact) mass is 152 g/mol. The number of benzene rings is 1. The van der Waals surface area contributed by atoms with Crippen molar-refractivity contribution < 1.29 is 9.13 Å². The molecule has 2 heteroatoms. The largest absolute Gasteiger partial charge is 0.493 e. The van der Waals surface area contributed by atoms with Crippen molar-refractivity contribution in [3.8, 4) is 5.75 Å². The maximum absolute atomic E-state index is 13.1. The molecule has 1 aromatic carbocycles. The first-order valence-corrected chi connectivity index (χ1v) is 3.74. The van der Waals surface area contributed by atoms with Gasteiger partial charge in [-0.25, -0.2) is 4.39 Å². The van der Waals surface area contributed by atoms with E-state index in [9.17, 15) is 4.39 Å². The number of fused-ring (bicyclic) bond motifs is 1. The Labute approximate surface area is 64.8 Å². The van der Waals surface area contributed by atoms with Gasteiger partial charge in [-0.3, -0.25) is 0 Å². The van der Waals surface area contributed by atoms with Gasteiger partial charge in [0.2, 0.25) is 0 Å². The van der Waals surface area contributed by atoms with Crippen LogP contribution >= 0.6 is 0 Å². The molecule has 2 rings (SSSR count). The molecule has 0 bridgehead atoms. The molecule has 11 heavy (non-hydrogen) atoms. The smallest absolute Gasteiger partial charge is 0.132 e. The molecule has 0 amide bonds. The summed E-state index contributed by atoms with van der Waals surface area (Å²) in [5, 5.41) is 0. The van der Waals surface area contributed by atoms with Crippen LogP contribution in [0.1, 0.15) is 18.2 Å². The average Bonchev–Trinajstić information content (AvgIpc) is 2.06. The number of alkyl halides is 1. The first kappa shape index (κ1) is 6.65. The van der Waals surface area contributed by atoms with Gasteiger partial charge in [0.15, 0.2) is 0 Å². The number of rotatable bonds is 0. The summed E-state index contributed by atoms with van der Waals surface area (Å²) in [4.78, 5) is 0. The fourth-order valence-corrected chi connectivity index (χ4v) is 1.30. The van der Waals surface area contributed by atoms with Crippen LogP contribution in [-0.2, 0) is 0 Å². The fraction of sp³-hybridized carbons (Fsp3) is 0.333. The summed E-state index contributed by atoms with van der Waals surface area (Å²) in [6, 6.07) is 7.28. The van der Waals surface area contributed by atoms with Crippen LogP contribution in [0.15, 0.2) is 24.3 Å². The molecule has 1 aliphatic heterocycles. The molecule has 1 atom stereocenters. The zero-order valence-electron chi connectivity index (χ0n) is 6.09. The van der Waals surface area contributed by atoms with E-state index in [4.69, 9.17) is 4.74 Å². The quantitative estimate of drug-likeness (QED) is 0.555. The first-order chi connectivity index (χ1) is 5.38. The zero-order valence-corrected chi connectivity index (χ0v) is 6.09. The van der Waals surface area contributed by atoms with Crippen molar-refractivity contribution >= 4 is 0 Å². The van der Waals surface area contributed by atoms with Crippen LogP contribution in [-0.4, -0.2) is 6.61 Å². The van der Waals surface area contributed by atoms with E-state index in [0.717, 1.165) is 0 Å². The highest BCUT2D eigenvalue weighted by Crippen LogP contribution is 2.33. The molecule has 0 saturated heterocycles. The third-order valence-corrected chi connectivity index (χ3v) is 1.89. The molecule has 1 aliphatic rings. The Morgan fingerprint density at radius 2 is 2.18 bits per heavy atom. The van der Waals surface area contributed by atoms with Gasteiger partial charge in [-0.1, -0.05) is 18.2 Å². The van der Waals surface area contributed by atoms with Crippen LogP contribution in [0, 0.1) is 0 Å². The van der Waals surface area contributed by atoms with Gasteiger partial charge in [-0.05, 0) is 6.07 Å². The summed E-state index contributed by atoms with van der Waals surface area (Å²) in [6.07, 6.45) is -0.350. The Morgan fingerprint density at radius 3 is 3.00 bits per heavy atom. The minimum Gasteiger partial charge on any atom is -0.493 e. The predicted octanol–water partition coefficient (Wildman–Crippen LogP) is 2.48. The summed E-state index contributed by atoms with van der Waals surface area (Å²) in [5.41, 5.74) is 0.693. The van der Waals surface area contributed by atoms with E-state index >= 15 is 0 Å². The lowest BCUT2D eigenvalue weighted by atomic mass is 10.1. The highest BCUT2D eigenvalue weighted by molar-refractivity contribution is 5.36. The second-order valence-corrected chi connectivity index (χ2v) is 2.64. The maximum Gasteiger partial charge on any atom is 0.132 e. The Hall–Kier alpha value is -1.05. The number of ether oxygens (including phenoxy) is 1. The second kappa shape index (κ2) is 2.53. The van der Waals surface area contributed by atoms with Gasteiger partial charge in [0.1, 0.15) is 11.9 Å². The molecule has 0 radical (unpaired) electrons. The molecule has 1 heterocycles. The third-order valence-electron chi connectivity index (χ3n) is 1.89. The average molecular weight is 152 g/mol. The van der Waals surface area contributed by atoms with E-state index in [0.29, 0.717) is 24.3 Å². The van der Waals surface area contributed by atoms with Crippen LogP contribution in [0.3, 0.4) is 0 Å². The van der Waals surface area contributed by atoms with E-state index in [-0.39, 0.29) is 0 Å². The minimum atomic E-state index is -0.833. The molecule has 0 aromatic heterocycles. The summed E-state index contributed by atoms with van der Waals surface area (Å²) in [5.74, 6) is 0.700. The van der Waals surface area contributed by atoms with Crippen LogP contribution in [0.25, 0.3) is 0 Å². The van der Waals surface area contributed by atoms with Crippen molar-refractivity contribution in [2.75, 3.05) is 6.61 Å². The van der Waals surface area contributed by atoms with Gasteiger partial charge >= 0.3 is 0 Å². The maximum atomic E-state index is 13.1. The van der Waals surface area contributed by atoms with E-state index in [1.807, 2.05) is 12.1 Å². The van der Waals surface area contributed by atoms with E-state index in [1.54, 1.807) is 12.1 Å². The van der Waals surface area contributed by atoms with Crippen LogP contribution in [0.5, 0.6) is 5.75 Å². The number of hydrogen-bond acceptors (Lipinski definition) is 1. The molecule has 0 fully saturated rings. The minimum absolute atomic E-state index is 0.483. The fourth-order valence-electron chi connectivity index (χ4n) is 1.30. The van der Waals surface area contributed by atoms with Crippen LogP contribution in [0.4, 0.5) is 4.39 Å². The molecule has 0 saturated carbocycles. The Kier molecular flexibility index (Phi) is 1.53. The highest BCUT2D eigenvalue weighted by atomic mass is 19.1. The molecule has 0 aliphatic carbocycles.